The average Bonchev–Trinajstić information content (AvgIpc) is 2.60. The molecule has 3 nitrogen and oxygen atoms in total. The summed E-state index contributed by atoms with van der Waals surface area (Å²) in [6, 6.07) is 0. The topological polar surface area (TPSA) is 35.5 Å². The molecule has 4 heteroatoms. The number of carbonyl (C=O) groups excluding carboxylic acids is 1. The smallest absolute Gasteiger partial charge is 0.306 e. The van der Waals surface area contributed by atoms with Crippen molar-refractivity contribution >= 4 is 28.6 Å². The number of halogens is 1. The van der Waals surface area contributed by atoms with Crippen LogP contribution >= 0.6 is 22.6 Å². The van der Waals surface area contributed by atoms with Gasteiger partial charge in [-0.3, -0.25) is 4.79 Å². The predicted octanol–water partition coefficient (Wildman–Crippen LogP) is 1.14. The maximum Gasteiger partial charge on any atom is 0.306 e. The lowest BCUT2D eigenvalue weighted by Gasteiger charge is -2.24. The summed E-state index contributed by atoms with van der Waals surface area (Å²) in [6.45, 7) is 1.48. The molecule has 2 aliphatic rings. The molecule has 12 heavy (non-hydrogen) atoms. The van der Waals surface area contributed by atoms with Gasteiger partial charge in [0.2, 0.25) is 0 Å². The second-order valence-electron chi connectivity index (χ2n) is 3.47. The van der Waals surface area contributed by atoms with Gasteiger partial charge >= 0.3 is 5.97 Å². The van der Waals surface area contributed by atoms with E-state index in [4.69, 9.17) is 9.47 Å². The monoisotopic (exact) mass is 282 g/mol. The Morgan fingerprint density at radius 1 is 1.67 bits per heavy atom. The minimum atomic E-state index is -0.0535. The third-order valence-corrected chi connectivity index (χ3v) is 3.53. The first-order valence-corrected chi connectivity index (χ1v) is 5.63. The van der Waals surface area contributed by atoms with Crippen molar-refractivity contribution in [3.05, 3.63) is 0 Å². The average molecular weight is 282 g/mol. The van der Waals surface area contributed by atoms with Crippen LogP contribution in [0.1, 0.15) is 12.8 Å². The Morgan fingerprint density at radius 3 is 3.08 bits per heavy atom. The van der Waals surface area contributed by atoms with Gasteiger partial charge in [0.15, 0.2) is 0 Å². The number of esters is 1. The van der Waals surface area contributed by atoms with Crippen LogP contribution in [0.4, 0.5) is 0 Å². The molecule has 0 radical (unpaired) electrons. The molecular formula is C8H11IO3. The summed E-state index contributed by atoms with van der Waals surface area (Å²) in [5.74, 6) is -0.0535. The third kappa shape index (κ3) is 1.25. The van der Waals surface area contributed by atoms with E-state index in [0.29, 0.717) is 13.0 Å². The van der Waals surface area contributed by atoms with Gasteiger partial charge in [0.1, 0.15) is 6.10 Å². The van der Waals surface area contributed by atoms with Gasteiger partial charge < -0.3 is 9.47 Å². The van der Waals surface area contributed by atoms with Crippen molar-refractivity contribution in [2.75, 3.05) is 17.6 Å². The van der Waals surface area contributed by atoms with Crippen LogP contribution in [-0.2, 0) is 14.3 Å². The molecule has 0 aromatic heterocycles. The van der Waals surface area contributed by atoms with Gasteiger partial charge in [-0.05, 0) is 6.42 Å². The van der Waals surface area contributed by atoms with E-state index in [2.05, 4.69) is 22.6 Å². The van der Waals surface area contributed by atoms with E-state index >= 15 is 0 Å². The molecule has 0 aliphatic carbocycles. The SMILES string of the molecule is O=C1CC2(CCOC2)C(CI)O1. The first-order valence-electron chi connectivity index (χ1n) is 4.10. The molecule has 2 saturated heterocycles. The Hall–Kier alpha value is 0.160. The van der Waals surface area contributed by atoms with Crippen LogP contribution in [0, 0.1) is 5.41 Å². The summed E-state index contributed by atoms with van der Waals surface area (Å²) < 4.78 is 11.4. The van der Waals surface area contributed by atoms with Crippen LogP contribution < -0.4 is 0 Å². The first kappa shape index (κ1) is 8.74. The zero-order chi connectivity index (χ0) is 8.60. The normalized spacial score (nSPS) is 40.8. The molecule has 2 aliphatic heterocycles. The zero-order valence-corrected chi connectivity index (χ0v) is 8.87. The number of alkyl halides is 1. The van der Waals surface area contributed by atoms with Crippen molar-refractivity contribution in [2.24, 2.45) is 5.41 Å². The number of cyclic esters (lactones) is 1. The summed E-state index contributed by atoms with van der Waals surface area (Å²) in [5, 5.41) is 0. The lowest BCUT2D eigenvalue weighted by molar-refractivity contribution is -0.140. The third-order valence-electron chi connectivity index (χ3n) is 2.73. The Balaban J connectivity index is 2.16. The van der Waals surface area contributed by atoms with Gasteiger partial charge in [0, 0.05) is 16.4 Å². The highest BCUT2D eigenvalue weighted by molar-refractivity contribution is 14.1. The number of hydrogen-bond acceptors (Lipinski definition) is 3. The molecule has 0 aromatic rings. The van der Waals surface area contributed by atoms with E-state index in [1.807, 2.05) is 0 Å². The second-order valence-corrected chi connectivity index (χ2v) is 4.36. The van der Waals surface area contributed by atoms with E-state index in [-0.39, 0.29) is 17.5 Å². The highest BCUT2D eigenvalue weighted by Crippen LogP contribution is 2.43. The Bertz CT molecular complexity index is 198. The van der Waals surface area contributed by atoms with Gasteiger partial charge in [-0.25, -0.2) is 0 Å². The predicted molar refractivity (Wildman–Crippen MR) is 51.3 cm³/mol. The molecule has 2 rings (SSSR count). The van der Waals surface area contributed by atoms with Crippen molar-refractivity contribution in [3.8, 4) is 0 Å². The van der Waals surface area contributed by atoms with E-state index in [1.165, 1.54) is 0 Å². The quantitative estimate of drug-likeness (QED) is 0.411. The number of rotatable bonds is 1. The second kappa shape index (κ2) is 3.14. The van der Waals surface area contributed by atoms with Crippen LogP contribution in [0.5, 0.6) is 0 Å². The lowest BCUT2D eigenvalue weighted by atomic mass is 9.81. The maximum atomic E-state index is 11.1. The molecule has 1 spiro atoms. The molecule has 0 aromatic carbocycles. The number of ether oxygens (including phenoxy) is 2. The minimum absolute atomic E-state index is 0.0261. The standard InChI is InChI=1S/C8H11IO3/c9-4-6-8(1-2-11-5-8)3-7(10)12-6/h6H,1-5H2. The molecule has 2 heterocycles. The Kier molecular flexibility index (Phi) is 2.29. The minimum Gasteiger partial charge on any atom is -0.461 e. The van der Waals surface area contributed by atoms with E-state index in [0.717, 1.165) is 17.5 Å². The first-order chi connectivity index (χ1) is 5.77. The zero-order valence-electron chi connectivity index (χ0n) is 6.72. The molecule has 2 fully saturated rings. The fourth-order valence-electron chi connectivity index (χ4n) is 1.94. The van der Waals surface area contributed by atoms with Crippen molar-refractivity contribution in [1.82, 2.24) is 0 Å². The molecule has 0 saturated carbocycles. The van der Waals surface area contributed by atoms with Crippen molar-refractivity contribution in [1.29, 1.82) is 0 Å². The molecule has 2 atom stereocenters. The summed E-state index contributed by atoms with van der Waals surface area (Å²) in [5.41, 5.74) is 0.0261. The van der Waals surface area contributed by atoms with Crippen LogP contribution in [0.25, 0.3) is 0 Å². The summed E-state index contributed by atoms with van der Waals surface area (Å²) in [4.78, 5) is 11.1. The highest BCUT2D eigenvalue weighted by Gasteiger charge is 2.50. The molecule has 0 N–H and O–H groups in total. The van der Waals surface area contributed by atoms with Crippen molar-refractivity contribution < 1.29 is 14.3 Å². The van der Waals surface area contributed by atoms with Gasteiger partial charge in [0.05, 0.1) is 13.0 Å². The lowest BCUT2D eigenvalue weighted by Crippen LogP contribution is -2.32. The summed E-state index contributed by atoms with van der Waals surface area (Å²) in [6.07, 6.45) is 1.63. The largest absolute Gasteiger partial charge is 0.461 e. The van der Waals surface area contributed by atoms with E-state index in [1.54, 1.807) is 0 Å². The van der Waals surface area contributed by atoms with E-state index < -0.39 is 0 Å². The molecule has 0 bridgehead atoms. The molecule has 68 valence electrons. The Morgan fingerprint density at radius 2 is 2.50 bits per heavy atom. The van der Waals surface area contributed by atoms with Crippen molar-refractivity contribution in [3.63, 3.8) is 0 Å². The van der Waals surface area contributed by atoms with Crippen LogP contribution in [0.3, 0.4) is 0 Å². The molecule has 0 amide bonds. The summed E-state index contributed by atoms with van der Waals surface area (Å²) >= 11 is 2.27. The molecule has 2 unspecified atom stereocenters. The fourth-order valence-corrected chi connectivity index (χ4v) is 3.05. The Labute approximate surface area is 84.9 Å². The van der Waals surface area contributed by atoms with Crippen LogP contribution in [0.2, 0.25) is 0 Å². The van der Waals surface area contributed by atoms with Gasteiger partial charge in [-0.2, -0.15) is 0 Å². The van der Waals surface area contributed by atoms with Gasteiger partial charge in [0.25, 0.3) is 0 Å². The van der Waals surface area contributed by atoms with Crippen LogP contribution in [-0.4, -0.2) is 29.7 Å². The maximum absolute atomic E-state index is 11.1. The summed E-state index contributed by atoms with van der Waals surface area (Å²) in [7, 11) is 0. The van der Waals surface area contributed by atoms with Gasteiger partial charge in [-0.1, -0.05) is 22.6 Å². The number of carbonyl (C=O) groups is 1. The van der Waals surface area contributed by atoms with Crippen LogP contribution in [0.15, 0.2) is 0 Å². The van der Waals surface area contributed by atoms with E-state index in [9.17, 15) is 4.79 Å². The fraction of sp³-hybridized carbons (Fsp3) is 0.875. The van der Waals surface area contributed by atoms with Crippen molar-refractivity contribution in [2.45, 2.75) is 18.9 Å². The number of hydrogen-bond donors (Lipinski definition) is 0. The highest BCUT2D eigenvalue weighted by atomic mass is 127. The van der Waals surface area contributed by atoms with Gasteiger partial charge in [-0.15, -0.1) is 0 Å². The molecular weight excluding hydrogens is 271 g/mol.